The summed E-state index contributed by atoms with van der Waals surface area (Å²) < 4.78 is 0. The maximum atomic E-state index is 12.3. The number of amides is 2. The molecule has 2 amide bonds. The minimum Gasteiger partial charge on any atom is -0.341 e. The summed E-state index contributed by atoms with van der Waals surface area (Å²) in [6.07, 6.45) is 4.74. The summed E-state index contributed by atoms with van der Waals surface area (Å²) in [6, 6.07) is 6.97. The molecular formula is C17H15N5O2S. The molecule has 8 heteroatoms. The van der Waals surface area contributed by atoms with Gasteiger partial charge in [0, 0.05) is 6.54 Å². The van der Waals surface area contributed by atoms with Crippen molar-refractivity contribution < 1.29 is 9.59 Å². The normalized spacial score (nSPS) is 13.7. The van der Waals surface area contributed by atoms with Gasteiger partial charge in [-0.1, -0.05) is 12.1 Å². The van der Waals surface area contributed by atoms with Gasteiger partial charge < -0.3 is 4.98 Å². The van der Waals surface area contributed by atoms with Crippen LogP contribution < -0.4 is 0 Å². The molecule has 1 aromatic carbocycles. The lowest BCUT2D eigenvalue weighted by atomic mass is 10.1. The van der Waals surface area contributed by atoms with Crippen molar-refractivity contribution in [1.82, 2.24) is 24.8 Å². The number of unbranched alkanes of at least 4 members (excludes halogenated alkanes) is 1. The summed E-state index contributed by atoms with van der Waals surface area (Å²) in [7, 11) is 0. The molecule has 2 aromatic heterocycles. The molecule has 0 aliphatic carbocycles. The first-order valence-electron chi connectivity index (χ1n) is 7.98. The van der Waals surface area contributed by atoms with E-state index < -0.39 is 0 Å². The van der Waals surface area contributed by atoms with E-state index in [-0.39, 0.29) is 11.8 Å². The van der Waals surface area contributed by atoms with E-state index >= 15 is 0 Å². The Morgan fingerprint density at radius 3 is 2.52 bits per heavy atom. The number of carbonyl (C=O) groups is 2. The SMILES string of the molecule is O=C1c2ccccc2C(=O)N1CCCCSc1ncnc2nc[nH]c12. The number of hydrogen-bond acceptors (Lipinski definition) is 6. The van der Waals surface area contributed by atoms with E-state index in [0.29, 0.717) is 23.3 Å². The van der Waals surface area contributed by atoms with Crippen molar-refractivity contribution in [2.45, 2.75) is 17.9 Å². The van der Waals surface area contributed by atoms with E-state index in [9.17, 15) is 9.59 Å². The van der Waals surface area contributed by atoms with Crippen LogP contribution in [0.15, 0.2) is 41.9 Å². The number of thioether (sulfide) groups is 1. The number of imidazole rings is 1. The lowest BCUT2D eigenvalue weighted by molar-refractivity contribution is 0.0652. The number of fused-ring (bicyclic) bond motifs is 2. The van der Waals surface area contributed by atoms with Gasteiger partial charge in [0.1, 0.15) is 16.9 Å². The Hall–Kier alpha value is -2.74. The van der Waals surface area contributed by atoms with Crippen molar-refractivity contribution in [2.24, 2.45) is 0 Å². The zero-order valence-electron chi connectivity index (χ0n) is 13.3. The fourth-order valence-electron chi connectivity index (χ4n) is 2.84. The fraction of sp³-hybridized carbons (Fsp3) is 0.235. The second-order valence-corrected chi connectivity index (χ2v) is 6.73. The lowest BCUT2D eigenvalue weighted by Gasteiger charge is -2.13. The van der Waals surface area contributed by atoms with Crippen molar-refractivity contribution in [2.75, 3.05) is 12.3 Å². The third-order valence-electron chi connectivity index (χ3n) is 4.08. The van der Waals surface area contributed by atoms with E-state index in [1.54, 1.807) is 42.4 Å². The fourth-order valence-corrected chi connectivity index (χ4v) is 3.79. The smallest absolute Gasteiger partial charge is 0.261 e. The van der Waals surface area contributed by atoms with Gasteiger partial charge in [0.2, 0.25) is 0 Å². The maximum absolute atomic E-state index is 12.3. The minimum atomic E-state index is -0.191. The second kappa shape index (κ2) is 6.64. The number of hydrogen-bond donors (Lipinski definition) is 1. The summed E-state index contributed by atoms with van der Waals surface area (Å²) in [4.78, 5) is 41.4. The summed E-state index contributed by atoms with van der Waals surface area (Å²) in [5, 5.41) is 0.864. The molecule has 1 N–H and O–H groups in total. The highest BCUT2D eigenvalue weighted by molar-refractivity contribution is 7.99. The molecule has 0 saturated heterocycles. The molecule has 126 valence electrons. The van der Waals surface area contributed by atoms with Crippen LogP contribution >= 0.6 is 11.8 Å². The number of H-pyrrole nitrogens is 1. The van der Waals surface area contributed by atoms with Crippen LogP contribution in [0.5, 0.6) is 0 Å². The highest BCUT2D eigenvalue weighted by Crippen LogP contribution is 2.24. The number of aromatic nitrogens is 4. The molecule has 1 aliphatic heterocycles. The molecule has 0 unspecified atom stereocenters. The Balaban J connectivity index is 1.30. The first kappa shape index (κ1) is 15.8. The zero-order valence-corrected chi connectivity index (χ0v) is 14.1. The van der Waals surface area contributed by atoms with Gasteiger partial charge in [0.15, 0.2) is 5.65 Å². The lowest BCUT2D eigenvalue weighted by Crippen LogP contribution is -2.30. The minimum absolute atomic E-state index is 0.191. The van der Waals surface area contributed by atoms with Crippen molar-refractivity contribution in [3.05, 3.63) is 48.0 Å². The Kier molecular flexibility index (Phi) is 4.19. The first-order chi connectivity index (χ1) is 12.3. The van der Waals surface area contributed by atoms with Gasteiger partial charge in [-0.05, 0) is 30.7 Å². The average Bonchev–Trinajstić information content (AvgIpc) is 3.21. The number of rotatable bonds is 6. The third-order valence-corrected chi connectivity index (χ3v) is 5.16. The van der Waals surface area contributed by atoms with Gasteiger partial charge in [-0.25, -0.2) is 15.0 Å². The molecule has 0 radical (unpaired) electrons. The van der Waals surface area contributed by atoms with Crippen molar-refractivity contribution >= 4 is 34.7 Å². The van der Waals surface area contributed by atoms with Crippen molar-refractivity contribution in [1.29, 1.82) is 0 Å². The third kappa shape index (κ3) is 2.89. The van der Waals surface area contributed by atoms with Crippen LogP contribution in [0.4, 0.5) is 0 Å². The molecule has 3 heterocycles. The first-order valence-corrected chi connectivity index (χ1v) is 8.96. The molecule has 1 aliphatic rings. The summed E-state index contributed by atoms with van der Waals surface area (Å²) in [5.74, 6) is 0.459. The number of benzene rings is 1. The van der Waals surface area contributed by atoms with Crippen LogP contribution in [0.3, 0.4) is 0 Å². The number of imide groups is 1. The Bertz CT molecular complexity index is 920. The molecule has 0 saturated carbocycles. The largest absolute Gasteiger partial charge is 0.341 e. The van der Waals surface area contributed by atoms with Crippen LogP contribution in [0, 0.1) is 0 Å². The molecule has 0 fully saturated rings. The number of carbonyl (C=O) groups excluding carboxylic acids is 2. The van der Waals surface area contributed by atoms with Crippen LogP contribution in [0.25, 0.3) is 11.2 Å². The molecular weight excluding hydrogens is 338 g/mol. The van der Waals surface area contributed by atoms with E-state index in [1.807, 2.05) is 0 Å². The second-order valence-electron chi connectivity index (χ2n) is 5.64. The number of aromatic amines is 1. The van der Waals surface area contributed by atoms with Gasteiger partial charge in [0.05, 0.1) is 17.5 Å². The van der Waals surface area contributed by atoms with Crippen molar-refractivity contribution in [3.8, 4) is 0 Å². The Morgan fingerprint density at radius 1 is 1.00 bits per heavy atom. The Labute approximate surface area is 147 Å². The van der Waals surface area contributed by atoms with Gasteiger partial charge in [0.25, 0.3) is 11.8 Å². The maximum Gasteiger partial charge on any atom is 0.261 e. The summed E-state index contributed by atoms with van der Waals surface area (Å²) in [6.45, 7) is 0.441. The predicted molar refractivity (Wildman–Crippen MR) is 93.5 cm³/mol. The molecule has 0 spiro atoms. The molecule has 0 atom stereocenters. The number of nitrogens with zero attached hydrogens (tertiary/aromatic N) is 4. The topological polar surface area (TPSA) is 91.8 Å². The van der Waals surface area contributed by atoms with E-state index in [4.69, 9.17) is 0 Å². The zero-order chi connectivity index (χ0) is 17.2. The van der Waals surface area contributed by atoms with Crippen molar-refractivity contribution in [3.63, 3.8) is 0 Å². The van der Waals surface area contributed by atoms with Gasteiger partial charge >= 0.3 is 0 Å². The van der Waals surface area contributed by atoms with E-state index in [1.165, 1.54) is 11.2 Å². The highest BCUT2D eigenvalue weighted by Gasteiger charge is 2.34. The van der Waals surface area contributed by atoms with Gasteiger partial charge in [-0.15, -0.1) is 11.8 Å². The monoisotopic (exact) mass is 353 g/mol. The van der Waals surface area contributed by atoms with E-state index in [0.717, 1.165) is 29.1 Å². The van der Waals surface area contributed by atoms with Gasteiger partial charge in [-0.3, -0.25) is 14.5 Å². The average molecular weight is 353 g/mol. The standard InChI is InChI=1S/C17H15N5O2S/c23-16-11-5-1-2-6-12(11)17(24)22(16)7-3-4-8-25-15-13-14(19-9-18-13)20-10-21-15/h1-2,5-6,9-10H,3-4,7-8H2,(H,18,19,20,21). The predicted octanol–water partition coefficient (Wildman–Crippen LogP) is 2.52. The highest BCUT2D eigenvalue weighted by atomic mass is 32.2. The molecule has 7 nitrogen and oxygen atoms in total. The summed E-state index contributed by atoms with van der Waals surface area (Å²) in [5.41, 5.74) is 2.50. The van der Waals surface area contributed by atoms with Crippen LogP contribution in [0.1, 0.15) is 33.6 Å². The van der Waals surface area contributed by atoms with Crippen LogP contribution in [-0.2, 0) is 0 Å². The van der Waals surface area contributed by atoms with Gasteiger partial charge in [-0.2, -0.15) is 0 Å². The molecule has 0 bridgehead atoms. The molecule has 4 rings (SSSR count). The van der Waals surface area contributed by atoms with Crippen LogP contribution in [-0.4, -0.2) is 48.9 Å². The molecule has 3 aromatic rings. The number of nitrogens with one attached hydrogen (secondary N) is 1. The van der Waals surface area contributed by atoms with E-state index in [2.05, 4.69) is 19.9 Å². The summed E-state index contributed by atoms with van der Waals surface area (Å²) >= 11 is 1.62. The molecule has 25 heavy (non-hydrogen) atoms. The Morgan fingerprint density at radius 2 is 1.76 bits per heavy atom. The quantitative estimate of drug-likeness (QED) is 0.317. The van der Waals surface area contributed by atoms with Crippen LogP contribution in [0.2, 0.25) is 0 Å².